The number of anilines is 1. The molecular weight excluding hydrogens is 374 g/mol. The number of rotatable bonds is 4. The Kier molecular flexibility index (Phi) is 4.87. The number of nitrogens with one attached hydrogen (secondary N) is 3. The Morgan fingerprint density at radius 1 is 1.23 bits per heavy atom. The molecule has 5 aliphatic rings. The summed E-state index contributed by atoms with van der Waals surface area (Å²) < 4.78 is 0. The smallest absolute Gasteiger partial charge is 0.255 e. The van der Waals surface area contributed by atoms with Crippen molar-refractivity contribution in [3.05, 3.63) is 41.5 Å². The van der Waals surface area contributed by atoms with Gasteiger partial charge in [0.05, 0.1) is 5.56 Å². The van der Waals surface area contributed by atoms with Gasteiger partial charge in [-0.15, -0.1) is 0 Å². The standard InChI is InChI=1S/C25H33N3O2/c1-24-13-11-18(15-20(24)23(30)26-14-12-17-7-3-2-4-8-17)25(16-24)27-21-10-6-5-9-19(21)22(29)28-25/h5-7,9-10,18,20,27H,2-4,8,11-16H2,1H3,(H,26,30)(H,28,29)/t18-,20-,24-,25+/m1/s1. The minimum atomic E-state index is -0.428. The van der Waals surface area contributed by atoms with Crippen LogP contribution >= 0.6 is 0 Å². The number of amides is 2. The van der Waals surface area contributed by atoms with Crippen molar-refractivity contribution in [3.8, 4) is 0 Å². The third-order valence-electron chi connectivity index (χ3n) is 8.12. The molecule has 160 valence electrons. The summed E-state index contributed by atoms with van der Waals surface area (Å²) in [6, 6.07) is 7.73. The Morgan fingerprint density at radius 2 is 2.10 bits per heavy atom. The summed E-state index contributed by atoms with van der Waals surface area (Å²) in [5, 5.41) is 10.2. The number of carbonyl (C=O) groups excluding carboxylic acids is 2. The predicted octanol–water partition coefficient (Wildman–Crippen LogP) is 4.37. The molecule has 0 unspecified atom stereocenters. The largest absolute Gasteiger partial charge is 0.362 e. The van der Waals surface area contributed by atoms with Crippen LogP contribution in [0.2, 0.25) is 0 Å². The van der Waals surface area contributed by atoms with Crippen molar-refractivity contribution in [2.24, 2.45) is 17.3 Å². The number of para-hydroxylation sites is 1. The molecule has 1 aromatic carbocycles. The Morgan fingerprint density at radius 3 is 2.90 bits per heavy atom. The normalized spacial score (nSPS) is 34.6. The molecule has 30 heavy (non-hydrogen) atoms. The van der Waals surface area contributed by atoms with Crippen molar-refractivity contribution in [2.75, 3.05) is 11.9 Å². The molecule has 2 bridgehead atoms. The molecule has 1 heterocycles. The summed E-state index contributed by atoms with van der Waals surface area (Å²) in [6.45, 7) is 2.99. The second kappa shape index (κ2) is 7.44. The zero-order valence-corrected chi connectivity index (χ0v) is 17.9. The van der Waals surface area contributed by atoms with Gasteiger partial charge in [0.15, 0.2) is 0 Å². The zero-order valence-electron chi connectivity index (χ0n) is 17.9. The number of fused-ring (bicyclic) bond motifs is 3. The molecule has 3 saturated carbocycles. The highest BCUT2D eigenvalue weighted by atomic mass is 16.2. The maximum absolute atomic E-state index is 13.1. The molecule has 4 atom stereocenters. The van der Waals surface area contributed by atoms with Crippen molar-refractivity contribution in [3.63, 3.8) is 0 Å². The third-order valence-corrected chi connectivity index (χ3v) is 8.12. The number of hydrogen-bond acceptors (Lipinski definition) is 3. The van der Waals surface area contributed by atoms with E-state index in [1.165, 1.54) is 31.3 Å². The minimum absolute atomic E-state index is 0.00209. The first-order valence-electron chi connectivity index (χ1n) is 11.6. The summed E-state index contributed by atoms with van der Waals surface area (Å²) in [5.74, 6) is 0.504. The molecule has 1 aliphatic heterocycles. The van der Waals surface area contributed by atoms with Gasteiger partial charge in [-0.1, -0.05) is 30.7 Å². The van der Waals surface area contributed by atoms with Crippen molar-refractivity contribution in [1.82, 2.24) is 10.6 Å². The van der Waals surface area contributed by atoms with Crippen LogP contribution in [0.1, 0.15) is 75.1 Å². The molecule has 4 aliphatic carbocycles. The van der Waals surface area contributed by atoms with Gasteiger partial charge in [0.2, 0.25) is 5.91 Å². The number of allylic oxidation sites excluding steroid dienone is 1. The van der Waals surface area contributed by atoms with E-state index in [2.05, 4.69) is 29.0 Å². The molecule has 6 rings (SSSR count). The van der Waals surface area contributed by atoms with E-state index in [9.17, 15) is 9.59 Å². The first kappa shape index (κ1) is 19.7. The van der Waals surface area contributed by atoms with Crippen LogP contribution in [0.3, 0.4) is 0 Å². The van der Waals surface area contributed by atoms with Crippen LogP contribution in [-0.4, -0.2) is 24.0 Å². The quantitative estimate of drug-likeness (QED) is 0.649. The molecule has 3 fully saturated rings. The van der Waals surface area contributed by atoms with Gasteiger partial charge in [0.25, 0.3) is 5.91 Å². The maximum Gasteiger partial charge on any atom is 0.255 e. The molecule has 3 N–H and O–H groups in total. The highest BCUT2D eigenvalue weighted by Crippen LogP contribution is 2.58. The van der Waals surface area contributed by atoms with Crippen LogP contribution < -0.4 is 16.0 Å². The van der Waals surface area contributed by atoms with Gasteiger partial charge < -0.3 is 16.0 Å². The molecule has 5 heteroatoms. The highest BCUT2D eigenvalue weighted by molar-refractivity contribution is 6.02. The molecular formula is C25H33N3O2. The van der Waals surface area contributed by atoms with Crippen LogP contribution in [0.4, 0.5) is 5.69 Å². The van der Waals surface area contributed by atoms with E-state index in [-0.39, 0.29) is 29.1 Å². The van der Waals surface area contributed by atoms with Gasteiger partial charge in [-0.2, -0.15) is 0 Å². The Labute approximate surface area is 179 Å². The number of carbonyl (C=O) groups is 2. The Hall–Kier alpha value is -2.30. The molecule has 1 spiro atoms. The van der Waals surface area contributed by atoms with Gasteiger partial charge >= 0.3 is 0 Å². The van der Waals surface area contributed by atoms with Crippen molar-refractivity contribution >= 4 is 17.5 Å². The summed E-state index contributed by atoms with van der Waals surface area (Å²) in [4.78, 5) is 25.9. The van der Waals surface area contributed by atoms with Gasteiger partial charge in [-0.25, -0.2) is 0 Å². The van der Waals surface area contributed by atoms with E-state index in [1.54, 1.807) is 0 Å². The van der Waals surface area contributed by atoms with Crippen molar-refractivity contribution < 1.29 is 9.59 Å². The van der Waals surface area contributed by atoms with E-state index in [4.69, 9.17) is 0 Å². The predicted molar refractivity (Wildman–Crippen MR) is 118 cm³/mol. The first-order chi connectivity index (χ1) is 14.5. The fourth-order valence-corrected chi connectivity index (χ4v) is 6.45. The first-order valence-corrected chi connectivity index (χ1v) is 11.6. The Bertz CT molecular complexity index is 894. The average Bonchev–Trinajstić information content (AvgIpc) is 2.74. The van der Waals surface area contributed by atoms with Crippen LogP contribution in [0.15, 0.2) is 35.9 Å². The van der Waals surface area contributed by atoms with E-state index in [1.807, 2.05) is 24.3 Å². The lowest BCUT2D eigenvalue weighted by Crippen LogP contribution is -2.70. The maximum atomic E-state index is 13.1. The van der Waals surface area contributed by atoms with E-state index in [0.29, 0.717) is 5.56 Å². The SMILES string of the molecule is C[C@]12CC[C@H](C[C@@H]1C(=O)NCCC1=CCCCC1)[C@]1(C2)NC(=O)c2ccccc2N1. The summed E-state index contributed by atoms with van der Waals surface area (Å²) in [7, 11) is 0. The van der Waals surface area contributed by atoms with Crippen molar-refractivity contribution in [1.29, 1.82) is 0 Å². The number of benzene rings is 1. The average molecular weight is 408 g/mol. The van der Waals surface area contributed by atoms with Crippen LogP contribution in [0.5, 0.6) is 0 Å². The molecule has 1 aromatic rings. The van der Waals surface area contributed by atoms with Gasteiger partial charge in [0, 0.05) is 24.1 Å². The fraction of sp³-hybridized carbons (Fsp3) is 0.600. The zero-order chi connectivity index (χ0) is 20.8. The van der Waals surface area contributed by atoms with E-state index >= 15 is 0 Å². The second-order valence-electron chi connectivity index (χ2n) is 10.1. The van der Waals surface area contributed by atoms with Gasteiger partial charge in [-0.05, 0) is 75.3 Å². The molecule has 0 aromatic heterocycles. The van der Waals surface area contributed by atoms with E-state index in [0.717, 1.165) is 44.3 Å². The lowest BCUT2D eigenvalue weighted by atomic mass is 9.51. The topological polar surface area (TPSA) is 70.2 Å². The summed E-state index contributed by atoms with van der Waals surface area (Å²) >= 11 is 0. The van der Waals surface area contributed by atoms with Gasteiger partial charge in [0.1, 0.15) is 5.66 Å². The summed E-state index contributed by atoms with van der Waals surface area (Å²) in [6.07, 6.45) is 12.0. The van der Waals surface area contributed by atoms with Crippen molar-refractivity contribution in [2.45, 2.75) is 70.4 Å². The lowest BCUT2D eigenvalue weighted by molar-refractivity contribution is -0.139. The van der Waals surface area contributed by atoms with Crippen LogP contribution in [-0.2, 0) is 4.79 Å². The summed E-state index contributed by atoms with van der Waals surface area (Å²) in [5.41, 5.74) is 2.60. The minimum Gasteiger partial charge on any atom is -0.362 e. The van der Waals surface area contributed by atoms with E-state index < -0.39 is 5.66 Å². The second-order valence-corrected chi connectivity index (χ2v) is 10.1. The molecule has 0 saturated heterocycles. The van der Waals surface area contributed by atoms with Crippen LogP contribution in [0, 0.1) is 17.3 Å². The number of hydrogen-bond donors (Lipinski definition) is 3. The van der Waals surface area contributed by atoms with Gasteiger partial charge in [-0.3, -0.25) is 9.59 Å². The lowest BCUT2D eigenvalue weighted by Gasteiger charge is -2.60. The highest BCUT2D eigenvalue weighted by Gasteiger charge is 2.60. The third kappa shape index (κ3) is 3.32. The molecule has 2 amide bonds. The molecule has 5 nitrogen and oxygen atoms in total. The fourth-order valence-electron chi connectivity index (χ4n) is 6.45. The monoisotopic (exact) mass is 407 g/mol. The Balaban J connectivity index is 1.27. The van der Waals surface area contributed by atoms with Crippen LogP contribution in [0.25, 0.3) is 0 Å². The molecule has 0 radical (unpaired) electrons.